The number of fused-ring (bicyclic) bond motifs is 1. The van der Waals surface area contributed by atoms with Crippen molar-refractivity contribution in [1.29, 1.82) is 0 Å². The van der Waals surface area contributed by atoms with Crippen molar-refractivity contribution in [3.63, 3.8) is 0 Å². The van der Waals surface area contributed by atoms with Gasteiger partial charge in [-0.1, -0.05) is 0 Å². The molecule has 0 aromatic carbocycles. The maximum Gasteiger partial charge on any atom is 0.311 e. The van der Waals surface area contributed by atoms with Gasteiger partial charge in [0.1, 0.15) is 18.8 Å². The molecule has 0 fully saturated rings. The van der Waals surface area contributed by atoms with Crippen LogP contribution in [0.1, 0.15) is 22.3 Å². The van der Waals surface area contributed by atoms with Gasteiger partial charge in [-0.2, -0.15) is 0 Å². The fraction of sp³-hybridized carbons (Fsp3) is 0.571. The zero-order valence-corrected chi connectivity index (χ0v) is 5.60. The topological polar surface area (TPSA) is 19.7 Å². The first-order valence-electron chi connectivity index (χ1n) is 4.52. The molecule has 0 unspecified atom stereocenters. The zero-order valence-electron chi connectivity index (χ0n) is 8.60. The molecule has 0 saturated carbocycles. The molecule has 0 atom stereocenters. The summed E-state index contributed by atoms with van der Waals surface area (Å²) < 4.78 is 24.1. The van der Waals surface area contributed by atoms with Gasteiger partial charge in [0, 0.05) is 0 Å². The Morgan fingerprint density at radius 2 is 2.78 bits per heavy atom. The summed E-state index contributed by atoms with van der Waals surface area (Å²) in [4.78, 5) is 0.865. The van der Waals surface area contributed by atoms with Gasteiger partial charge in [-0.05, 0) is 13.8 Å². The van der Waals surface area contributed by atoms with Crippen LogP contribution in [0.25, 0.3) is 0 Å². The van der Waals surface area contributed by atoms with E-state index in [4.69, 9.17) is 4.15 Å². The SMILES string of the molecule is [3H]c1c2[n+](c([3H])n1[3H])C(C)(C)C2. The van der Waals surface area contributed by atoms with Crippen molar-refractivity contribution in [2.75, 3.05) is 0 Å². The van der Waals surface area contributed by atoms with E-state index in [0.29, 0.717) is 0 Å². The molecular formula is C7H11N2+. The Labute approximate surface area is 58.8 Å². The fourth-order valence-corrected chi connectivity index (χ4v) is 1.27. The molecule has 2 heterocycles. The molecule has 1 aromatic rings. The second-order valence-corrected chi connectivity index (χ2v) is 3.09. The number of aromatic nitrogens is 2. The number of hydrogen-bond donors (Lipinski definition) is 1. The monoisotopic (exact) mass is 129 g/mol. The standard InChI is InChI=1S/C7H10N2/c1-7(2)3-6-4-8-5-9(6)7/h4-5H,3H2,1-2H3/p+1/i4T,5T/hT. The number of hydrogen-bond acceptors (Lipinski definition) is 0. The van der Waals surface area contributed by atoms with Gasteiger partial charge in [0.15, 0.2) is 1.37 Å². The van der Waals surface area contributed by atoms with Gasteiger partial charge in [0.25, 0.3) is 0 Å². The highest BCUT2D eigenvalue weighted by molar-refractivity contribution is 4.98. The average molecular weight is 129 g/mol. The molecule has 2 nitrogen and oxygen atoms in total. The molecule has 1 N–H and O–H groups in total. The van der Waals surface area contributed by atoms with Crippen molar-refractivity contribution in [2.24, 2.45) is 0 Å². The predicted octanol–water partition coefficient (Wildman–Crippen LogP) is 0.593. The Balaban J connectivity index is 2.68. The van der Waals surface area contributed by atoms with Gasteiger partial charge in [-0.3, -0.25) is 0 Å². The molecule has 0 spiro atoms. The molecule has 0 amide bonds. The molecule has 1 aliphatic rings. The normalized spacial score (nSPS) is 25.3. The van der Waals surface area contributed by atoms with Gasteiger partial charge >= 0.3 is 1.41 Å². The summed E-state index contributed by atoms with van der Waals surface area (Å²) in [6.07, 6.45) is 1.05. The summed E-state index contributed by atoms with van der Waals surface area (Å²) in [6.45, 7) is 4.02. The van der Waals surface area contributed by atoms with Gasteiger partial charge in [0.05, 0.1) is 6.42 Å². The quantitative estimate of drug-likeness (QED) is 0.495. The van der Waals surface area contributed by atoms with Gasteiger partial charge in [-0.25, -0.2) is 9.54 Å². The highest BCUT2D eigenvalue weighted by Crippen LogP contribution is 2.21. The third kappa shape index (κ3) is 0.479. The maximum absolute atomic E-state index is 7.53. The summed E-state index contributed by atoms with van der Waals surface area (Å²) in [5, 5.41) is 0. The lowest BCUT2D eigenvalue weighted by molar-refractivity contribution is -0.802. The Morgan fingerprint density at radius 3 is 3.22 bits per heavy atom. The minimum absolute atomic E-state index is 0.0749. The summed E-state index contributed by atoms with van der Waals surface area (Å²) in [5.74, 6) is 0. The van der Waals surface area contributed by atoms with E-state index >= 15 is 0 Å². The first kappa shape index (κ1) is 2.86. The molecule has 48 valence electrons. The van der Waals surface area contributed by atoms with Crippen molar-refractivity contribution in [3.05, 3.63) is 18.2 Å². The second-order valence-electron chi connectivity index (χ2n) is 3.09. The minimum Gasteiger partial charge on any atom is -0.250 e. The summed E-state index contributed by atoms with van der Waals surface area (Å²) in [6, 6.07) is 0. The predicted molar refractivity (Wildman–Crippen MR) is 34.0 cm³/mol. The van der Waals surface area contributed by atoms with E-state index in [1.165, 1.54) is 0 Å². The van der Waals surface area contributed by atoms with Crippen LogP contribution >= 0.6 is 0 Å². The summed E-state index contributed by atoms with van der Waals surface area (Å²) in [7, 11) is 0. The van der Waals surface area contributed by atoms with Crippen molar-refractivity contribution in [2.45, 2.75) is 25.8 Å². The highest BCUT2D eigenvalue weighted by Gasteiger charge is 2.39. The van der Waals surface area contributed by atoms with Crippen LogP contribution in [-0.2, 0) is 12.0 Å². The van der Waals surface area contributed by atoms with Gasteiger partial charge < -0.3 is 0 Å². The van der Waals surface area contributed by atoms with E-state index < -0.39 is 0 Å². The Bertz CT molecular complexity index is 335. The van der Waals surface area contributed by atoms with Crippen LogP contribution in [0.3, 0.4) is 0 Å². The number of H-pyrrole nitrogens is 1. The van der Waals surface area contributed by atoms with E-state index in [1.807, 2.05) is 13.8 Å². The van der Waals surface area contributed by atoms with Crippen LogP contribution in [0.4, 0.5) is 0 Å². The van der Waals surface area contributed by atoms with Crippen molar-refractivity contribution in [3.8, 4) is 0 Å². The number of rotatable bonds is 0. The summed E-state index contributed by atoms with van der Waals surface area (Å²) >= 11 is 0. The average Bonchev–Trinajstić information content (AvgIpc) is 2.12. The molecule has 0 radical (unpaired) electrons. The molecule has 2 rings (SSSR count). The first-order valence-corrected chi connectivity index (χ1v) is 3.08. The number of aromatic amines is 1. The first-order chi connectivity index (χ1) is 5.45. The number of nitrogens with one attached hydrogen (secondary N) is 1. The zero-order chi connectivity index (χ0) is 9.09. The molecule has 0 aliphatic carbocycles. The van der Waals surface area contributed by atoms with Crippen LogP contribution in [-0.4, -0.2) is 4.98 Å². The molecule has 2 heteroatoms. The summed E-state index contributed by atoms with van der Waals surface area (Å²) in [5.41, 5.74) is 0.731. The highest BCUT2D eigenvalue weighted by atomic mass is 15.2. The van der Waals surface area contributed by atoms with Crippen molar-refractivity contribution < 1.29 is 8.72 Å². The lowest BCUT2D eigenvalue weighted by atomic mass is 9.91. The number of imidazole rings is 1. The lowest BCUT2D eigenvalue weighted by Crippen LogP contribution is -2.64. The van der Waals surface area contributed by atoms with Gasteiger partial charge in [0.2, 0.25) is 6.30 Å². The fourth-order valence-electron chi connectivity index (χ4n) is 1.27. The van der Waals surface area contributed by atoms with E-state index in [1.54, 1.807) is 4.57 Å². The molecule has 9 heavy (non-hydrogen) atoms. The van der Waals surface area contributed by atoms with Crippen LogP contribution < -0.4 is 4.57 Å². The Morgan fingerprint density at radius 1 is 2.00 bits per heavy atom. The van der Waals surface area contributed by atoms with Crippen molar-refractivity contribution >= 4 is 0 Å². The maximum atomic E-state index is 7.53. The number of nitrogens with zero attached hydrogens (tertiary/aromatic N) is 1. The van der Waals surface area contributed by atoms with Crippen LogP contribution in [0.5, 0.6) is 0 Å². The second kappa shape index (κ2) is 1.20. The van der Waals surface area contributed by atoms with E-state index in [9.17, 15) is 0 Å². The third-order valence-corrected chi connectivity index (χ3v) is 1.81. The van der Waals surface area contributed by atoms with Crippen LogP contribution in [0.15, 0.2) is 12.5 Å². The van der Waals surface area contributed by atoms with Crippen LogP contribution in [0, 0.1) is 0 Å². The van der Waals surface area contributed by atoms with Gasteiger partial charge in [-0.15, -0.1) is 0 Å². The largest absolute Gasteiger partial charge is 0.311 e. The van der Waals surface area contributed by atoms with E-state index in [2.05, 4.69) is 0 Å². The van der Waals surface area contributed by atoms with Crippen LogP contribution in [0.2, 0.25) is 1.41 Å². The lowest BCUT2D eigenvalue weighted by Gasteiger charge is -2.30. The molecule has 0 saturated heterocycles. The molecular weight excluding hydrogens is 112 g/mol. The Kier molecular flexibility index (Phi) is 0.382. The molecule has 1 aromatic heterocycles. The van der Waals surface area contributed by atoms with Crippen molar-refractivity contribution in [1.82, 2.24) is 4.98 Å². The Hall–Kier alpha value is -0.790. The minimum atomic E-state index is -0.0749. The smallest absolute Gasteiger partial charge is 0.250 e. The molecule has 0 bridgehead atoms. The van der Waals surface area contributed by atoms with E-state index in [-0.39, 0.29) is 18.0 Å². The molecule has 1 aliphatic heterocycles. The third-order valence-electron chi connectivity index (χ3n) is 1.81. The van der Waals surface area contributed by atoms with E-state index in [0.717, 1.165) is 17.1 Å².